The minimum absolute atomic E-state index is 0.0356. The second kappa shape index (κ2) is 8.37. The molecule has 1 aromatic rings. The molecule has 0 aromatic carbocycles. The Kier molecular flexibility index (Phi) is 6.67. The van der Waals surface area contributed by atoms with Crippen molar-refractivity contribution in [1.82, 2.24) is 9.97 Å². The third-order valence-electron chi connectivity index (χ3n) is 2.05. The van der Waals surface area contributed by atoms with Crippen molar-refractivity contribution >= 4 is 11.8 Å². The lowest BCUT2D eigenvalue weighted by atomic mass is 10.4. The zero-order chi connectivity index (χ0) is 13.2. The van der Waals surface area contributed by atoms with Gasteiger partial charge < -0.3 is 19.9 Å². The topological polar surface area (TPSA) is 93.6 Å². The quantitative estimate of drug-likeness (QED) is 0.501. The fourth-order valence-electron chi connectivity index (χ4n) is 1.19. The van der Waals surface area contributed by atoms with Gasteiger partial charge >= 0.3 is 5.97 Å². The number of carbonyl (C=O) groups is 1. The predicted octanol–water partition coefficient (Wildman–Crippen LogP) is 0.0741. The molecule has 0 saturated heterocycles. The van der Waals surface area contributed by atoms with Gasteiger partial charge in [0.2, 0.25) is 0 Å². The maximum atomic E-state index is 11.1. The average molecular weight is 255 g/mol. The number of anilines is 1. The van der Waals surface area contributed by atoms with E-state index in [1.54, 1.807) is 0 Å². The monoisotopic (exact) mass is 255 g/mol. The molecule has 0 saturated carbocycles. The van der Waals surface area contributed by atoms with Gasteiger partial charge in [0.15, 0.2) is 5.69 Å². The van der Waals surface area contributed by atoms with E-state index in [9.17, 15) is 4.79 Å². The molecule has 0 aliphatic rings. The van der Waals surface area contributed by atoms with Crippen LogP contribution in [0.3, 0.4) is 0 Å². The fourth-order valence-corrected chi connectivity index (χ4v) is 1.19. The molecule has 0 atom stereocenters. The Morgan fingerprint density at radius 3 is 2.83 bits per heavy atom. The van der Waals surface area contributed by atoms with Gasteiger partial charge in [0, 0.05) is 13.2 Å². The normalized spacial score (nSPS) is 10.1. The molecule has 18 heavy (non-hydrogen) atoms. The van der Waals surface area contributed by atoms with E-state index in [0.29, 0.717) is 25.6 Å². The predicted molar refractivity (Wildman–Crippen MR) is 64.4 cm³/mol. The first-order valence-corrected chi connectivity index (χ1v) is 5.60. The zero-order valence-electron chi connectivity index (χ0n) is 10.3. The average Bonchev–Trinajstić information content (AvgIpc) is 2.42. The molecule has 0 bridgehead atoms. The van der Waals surface area contributed by atoms with Gasteiger partial charge in [-0.25, -0.2) is 14.8 Å². The number of nitrogens with zero attached hydrogens (tertiary/aromatic N) is 2. The molecule has 0 spiro atoms. The molecule has 1 aromatic heterocycles. The largest absolute Gasteiger partial charge is 0.464 e. The number of methoxy groups -OCH3 is 1. The second-order valence-corrected chi connectivity index (χ2v) is 3.39. The lowest BCUT2D eigenvalue weighted by Crippen LogP contribution is -2.10. The number of carbonyl (C=O) groups excluding carboxylic acids is 1. The van der Waals surface area contributed by atoms with Crippen molar-refractivity contribution in [3.05, 3.63) is 18.1 Å². The highest BCUT2D eigenvalue weighted by Crippen LogP contribution is 2.02. The highest BCUT2D eigenvalue weighted by Gasteiger charge is 2.06. The highest BCUT2D eigenvalue weighted by atomic mass is 16.5. The molecule has 1 rings (SSSR count). The van der Waals surface area contributed by atoms with Crippen molar-refractivity contribution < 1.29 is 19.4 Å². The minimum Gasteiger partial charge on any atom is -0.464 e. The van der Waals surface area contributed by atoms with Gasteiger partial charge in [-0.3, -0.25) is 0 Å². The maximum absolute atomic E-state index is 11.1. The number of aliphatic hydroxyl groups excluding tert-OH is 1. The smallest absolute Gasteiger partial charge is 0.358 e. The zero-order valence-corrected chi connectivity index (χ0v) is 10.3. The molecule has 0 aliphatic carbocycles. The Morgan fingerprint density at radius 1 is 1.39 bits per heavy atom. The summed E-state index contributed by atoms with van der Waals surface area (Å²) in [6, 6.07) is 0. The number of hydrogen-bond acceptors (Lipinski definition) is 7. The van der Waals surface area contributed by atoms with Gasteiger partial charge in [0.1, 0.15) is 5.82 Å². The fraction of sp³-hybridized carbons (Fsp3) is 0.545. The van der Waals surface area contributed by atoms with Crippen molar-refractivity contribution in [2.24, 2.45) is 0 Å². The molecule has 7 nitrogen and oxygen atoms in total. The number of ether oxygens (including phenoxy) is 2. The van der Waals surface area contributed by atoms with Crippen LogP contribution in [0.5, 0.6) is 0 Å². The van der Waals surface area contributed by atoms with Gasteiger partial charge in [0.25, 0.3) is 0 Å². The van der Waals surface area contributed by atoms with Crippen LogP contribution < -0.4 is 5.32 Å². The summed E-state index contributed by atoms with van der Waals surface area (Å²) in [5.41, 5.74) is 0.175. The van der Waals surface area contributed by atoms with Crippen LogP contribution in [0.15, 0.2) is 12.4 Å². The molecule has 0 fully saturated rings. The summed E-state index contributed by atoms with van der Waals surface area (Å²) in [7, 11) is 1.29. The van der Waals surface area contributed by atoms with Crippen LogP contribution in [0, 0.1) is 0 Å². The van der Waals surface area contributed by atoms with Crippen LogP contribution in [0.4, 0.5) is 5.82 Å². The Bertz CT molecular complexity index is 356. The van der Waals surface area contributed by atoms with Crippen molar-refractivity contribution in [2.45, 2.75) is 6.42 Å². The summed E-state index contributed by atoms with van der Waals surface area (Å²) >= 11 is 0. The third-order valence-corrected chi connectivity index (χ3v) is 2.05. The Hall–Kier alpha value is -1.73. The van der Waals surface area contributed by atoms with Crippen molar-refractivity contribution in [3.63, 3.8) is 0 Å². The maximum Gasteiger partial charge on any atom is 0.358 e. The summed E-state index contributed by atoms with van der Waals surface area (Å²) in [4.78, 5) is 19.0. The second-order valence-electron chi connectivity index (χ2n) is 3.39. The number of nitrogens with one attached hydrogen (secondary N) is 1. The number of hydrogen-bond donors (Lipinski definition) is 2. The molecule has 0 amide bonds. The van der Waals surface area contributed by atoms with E-state index in [4.69, 9.17) is 9.84 Å². The number of rotatable bonds is 8. The summed E-state index contributed by atoms with van der Waals surface area (Å²) < 4.78 is 9.61. The SMILES string of the molecule is COC(=O)c1cnc(NCCCOCCO)cn1. The first-order chi connectivity index (χ1) is 8.77. The summed E-state index contributed by atoms with van der Waals surface area (Å²) in [5, 5.41) is 11.5. The van der Waals surface area contributed by atoms with Gasteiger partial charge in [-0.1, -0.05) is 0 Å². The van der Waals surface area contributed by atoms with Crippen LogP contribution in [0.2, 0.25) is 0 Å². The molecule has 100 valence electrons. The van der Waals surface area contributed by atoms with Gasteiger partial charge in [0.05, 0.1) is 32.7 Å². The number of aromatic nitrogens is 2. The van der Waals surface area contributed by atoms with Gasteiger partial charge in [-0.2, -0.15) is 0 Å². The first kappa shape index (κ1) is 14.3. The summed E-state index contributed by atoms with van der Waals surface area (Å²) in [5.74, 6) is 0.0799. The molecule has 2 N–H and O–H groups in total. The van der Waals surface area contributed by atoms with E-state index in [2.05, 4.69) is 20.0 Å². The molecule has 1 heterocycles. The van der Waals surface area contributed by atoms with Gasteiger partial charge in [-0.15, -0.1) is 0 Å². The Labute approximate surface area is 105 Å². The Morgan fingerprint density at radius 2 is 2.22 bits per heavy atom. The van der Waals surface area contributed by atoms with E-state index in [1.807, 2.05) is 0 Å². The molecule has 0 radical (unpaired) electrons. The van der Waals surface area contributed by atoms with Crippen molar-refractivity contribution in [1.29, 1.82) is 0 Å². The van der Waals surface area contributed by atoms with Crippen LogP contribution in [-0.4, -0.2) is 54.5 Å². The van der Waals surface area contributed by atoms with E-state index in [-0.39, 0.29) is 12.3 Å². The number of aliphatic hydroxyl groups is 1. The highest BCUT2D eigenvalue weighted by molar-refractivity contribution is 5.86. The summed E-state index contributed by atoms with van der Waals surface area (Å²) in [6.07, 6.45) is 3.62. The molecular weight excluding hydrogens is 238 g/mol. The van der Waals surface area contributed by atoms with E-state index in [1.165, 1.54) is 19.5 Å². The molecule has 7 heteroatoms. The van der Waals surface area contributed by atoms with Crippen LogP contribution in [0.1, 0.15) is 16.9 Å². The third kappa shape index (κ3) is 5.07. The van der Waals surface area contributed by atoms with Crippen LogP contribution in [0.25, 0.3) is 0 Å². The standard InChI is InChI=1S/C11H17N3O4/c1-17-11(16)9-7-14-10(8-13-9)12-3-2-5-18-6-4-15/h7-8,15H,2-6H2,1H3,(H,12,14). The molecular formula is C11H17N3O4. The van der Waals surface area contributed by atoms with Crippen LogP contribution >= 0.6 is 0 Å². The van der Waals surface area contributed by atoms with Crippen LogP contribution in [-0.2, 0) is 9.47 Å². The van der Waals surface area contributed by atoms with Crippen molar-refractivity contribution in [3.8, 4) is 0 Å². The molecule has 0 aliphatic heterocycles. The van der Waals surface area contributed by atoms with E-state index >= 15 is 0 Å². The Balaban J connectivity index is 2.25. The van der Waals surface area contributed by atoms with Gasteiger partial charge in [-0.05, 0) is 6.42 Å². The first-order valence-electron chi connectivity index (χ1n) is 5.60. The number of esters is 1. The summed E-state index contributed by atoms with van der Waals surface area (Å²) in [6.45, 7) is 1.64. The van der Waals surface area contributed by atoms with E-state index in [0.717, 1.165) is 6.42 Å². The lowest BCUT2D eigenvalue weighted by molar-refractivity contribution is 0.0593. The minimum atomic E-state index is -0.508. The molecule has 0 unspecified atom stereocenters. The van der Waals surface area contributed by atoms with Crippen molar-refractivity contribution in [2.75, 3.05) is 38.8 Å². The van der Waals surface area contributed by atoms with E-state index < -0.39 is 5.97 Å². The lowest BCUT2D eigenvalue weighted by Gasteiger charge is -2.05.